The van der Waals surface area contributed by atoms with Crippen LogP contribution in [0.2, 0.25) is 0 Å². The predicted octanol–water partition coefficient (Wildman–Crippen LogP) is 4.32. The topological polar surface area (TPSA) is 55.8 Å². The fourth-order valence-corrected chi connectivity index (χ4v) is 2.57. The van der Waals surface area contributed by atoms with Gasteiger partial charge in [0.25, 0.3) is 0 Å². The Morgan fingerprint density at radius 1 is 1.26 bits per heavy atom. The van der Waals surface area contributed by atoms with E-state index in [1.807, 2.05) is 18.2 Å². The van der Waals surface area contributed by atoms with E-state index in [1.165, 1.54) is 25.3 Å². The number of carboxylic acids is 1. The summed E-state index contributed by atoms with van der Waals surface area (Å²) in [5, 5.41) is 8.81. The Hall–Kier alpha value is -1.81. The minimum absolute atomic E-state index is 0.240. The smallest absolute Gasteiger partial charge is 0.328 e. The van der Waals surface area contributed by atoms with Crippen molar-refractivity contribution in [3.05, 3.63) is 35.4 Å². The van der Waals surface area contributed by atoms with Gasteiger partial charge in [-0.05, 0) is 48.6 Å². The molecule has 4 nitrogen and oxygen atoms in total. The number of carboxylic acid groups (broad SMARTS) is 1. The second-order valence-corrected chi connectivity index (χ2v) is 5.63. The Kier molecular flexibility index (Phi) is 9.07. The number of ether oxygens (including phenoxy) is 2. The van der Waals surface area contributed by atoms with Crippen molar-refractivity contribution in [1.82, 2.24) is 0 Å². The van der Waals surface area contributed by atoms with Crippen LogP contribution in [0.4, 0.5) is 0 Å². The molecule has 0 spiro atoms. The summed E-state index contributed by atoms with van der Waals surface area (Å²) in [5.74, 6) is -0.159. The molecular weight excluding hydrogens is 292 g/mol. The first-order valence-corrected chi connectivity index (χ1v) is 8.21. The third-order valence-corrected chi connectivity index (χ3v) is 3.95. The van der Waals surface area contributed by atoms with E-state index >= 15 is 0 Å². The lowest BCUT2D eigenvalue weighted by Crippen LogP contribution is -2.12. The lowest BCUT2D eigenvalue weighted by molar-refractivity contribution is -0.131. The van der Waals surface area contributed by atoms with Crippen LogP contribution in [0, 0.1) is 0 Å². The number of benzene rings is 1. The minimum Gasteiger partial charge on any atom is -0.497 e. The number of hydrogen-bond acceptors (Lipinski definition) is 3. The molecule has 0 aliphatic carbocycles. The molecule has 0 bridgehead atoms. The highest BCUT2D eigenvalue weighted by Gasteiger charge is 2.10. The number of rotatable bonds is 11. The lowest BCUT2D eigenvalue weighted by atomic mass is 9.98. The summed E-state index contributed by atoms with van der Waals surface area (Å²) in [6.07, 6.45) is 9.47. The van der Waals surface area contributed by atoms with Crippen LogP contribution in [0.3, 0.4) is 0 Å². The molecule has 0 saturated carbocycles. The molecule has 1 rings (SSSR count). The SMILES string of the molecule is CCCCCC(CCc1cc(OC)ccc1C=CC(=O)O)OC. The normalized spacial score (nSPS) is 12.5. The van der Waals surface area contributed by atoms with Gasteiger partial charge in [0.15, 0.2) is 0 Å². The molecule has 1 N–H and O–H groups in total. The van der Waals surface area contributed by atoms with Crippen molar-refractivity contribution in [2.24, 2.45) is 0 Å². The van der Waals surface area contributed by atoms with Crippen LogP contribution < -0.4 is 4.74 Å². The fourth-order valence-electron chi connectivity index (χ4n) is 2.57. The van der Waals surface area contributed by atoms with Crippen molar-refractivity contribution in [3.8, 4) is 5.75 Å². The van der Waals surface area contributed by atoms with Crippen molar-refractivity contribution in [2.45, 2.75) is 51.6 Å². The van der Waals surface area contributed by atoms with Crippen molar-refractivity contribution < 1.29 is 19.4 Å². The highest BCUT2D eigenvalue weighted by Crippen LogP contribution is 2.22. The Morgan fingerprint density at radius 3 is 2.65 bits per heavy atom. The largest absolute Gasteiger partial charge is 0.497 e. The summed E-state index contributed by atoms with van der Waals surface area (Å²) >= 11 is 0. The van der Waals surface area contributed by atoms with E-state index in [4.69, 9.17) is 14.6 Å². The monoisotopic (exact) mass is 320 g/mol. The molecule has 4 heteroatoms. The first-order valence-electron chi connectivity index (χ1n) is 8.21. The first kappa shape index (κ1) is 19.2. The average Bonchev–Trinajstić information content (AvgIpc) is 2.56. The van der Waals surface area contributed by atoms with Gasteiger partial charge in [-0.25, -0.2) is 4.79 Å². The zero-order valence-electron chi connectivity index (χ0n) is 14.4. The standard InChI is InChI=1S/C19H28O4/c1-4-5-6-7-17(22-2)11-9-16-14-18(23-3)12-8-15(16)10-13-19(20)21/h8,10,12-14,17H,4-7,9,11H2,1-3H3,(H,20,21). The second-order valence-electron chi connectivity index (χ2n) is 5.63. The summed E-state index contributed by atoms with van der Waals surface area (Å²) in [5.41, 5.74) is 2.00. The van der Waals surface area contributed by atoms with Crippen molar-refractivity contribution in [2.75, 3.05) is 14.2 Å². The molecule has 0 heterocycles. The zero-order valence-corrected chi connectivity index (χ0v) is 14.4. The summed E-state index contributed by atoms with van der Waals surface area (Å²) in [4.78, 5) is 10.7. The van der Waals surface area contributed by atoms with Crippen LogP contribution in [0.1, 0.15) is 50.2 Å². The number of methoxy groups -OCH3 is 2. The summed E-state index contributed by atoms with van der Waals surface area (Å²) in [6.45, 7) is 2.19. The van der Waals surface area contributed by atoms with Gasteiger partial charge in [0.2, 0.25) is 0 Å². The van der Waals surface area contributed by atoms with Gasteiger partial charge < -0.3 is 14.6 Å². The number of hydrogen-bond donors (Lipinski definition) is 1. The maximum absolute atomic E-state index is 10.7. The number of aliphatic carboxylic acids is 1. The molecule has 128 valence electrons. The van der Waals surface area contributed by atoms with E-state index in [0.29, 0.717) is 0 Å². The third kappa shape index (κ3) is 7.33. The summed E-state index contributed by atoms with van der Waals surface area (Å²) in [6, 6.07) is 5.72. The molecule has 0 fully saturated rings. The number of carbonyl (C=O) groups is 1. The summed E-state index contributed by atoms with van der Waals surface area (Å²) < 4.78 is 10.8. The van der Waals surface area contributed by atoms with Crippen LogP contribution in [-0.4, -0.2) is 31.4 Å². The Labute approximate surface area is 139 Å². The molecule has 0 aliphatic rings. The second kappa shape index (κ2) is 10.8. The maximum Gasteiger partial charge on any atom is 0.328 e. The van der Waals surface area contributed by atoms with Crippen LogP contribution in [-0.2, 0) is 16.0 Å². The molecule has 0 radical (unpaired) electrons. The van der Waals surface area contributed by atoms with E-state index in [-0.39, 0.29) is 6.10 Å². The zero-order chi connectivity index (χ0) is 17.1. The summed E-state index contributed by atoms with van der Waals surface area (Å²) in [7, 11) is 3.39. The molecule has 1 aromatic carbocycles. The molecule has 0 saturated heterocycles. The van der Waals surface area contributed by atoms with Gasteiger partial charge in [-0.15, -0.1) is 0 Å². The van der Waals surface area contributed by atoms with Crippen molar-refractivity contribution in [3.63, 3.8) is 0 Å². The van der Waals surface area contributed by atoms with Crippen LogP contribution >= 0.6 is 0 Å². The van der Waals surface area contributed by atoms with E-state index < -0.39 is 5.97 Å². The van der Waals surface area contributed by atoms with E-state index in [1.54, 1.807) is 20.3 Å². The quantitative estimate of drug-likeness (QED) is 0.487. The van der Waals surface area contributed by atoms with E-state index in [2.05, 4.69) is 6.92 Å². The van der Waals surface area contributed by atoms with Crippen LogP contribution in [0.25, 0.3) is 6.08 Å². The molecule has 0 aliphatic heterocycles. The van der Waals surface area contributed by atoms with Gasteiger partial charge >= 0.3 is 5.97 Å². The highest BCUT2D eigenvalue weighted by atomic mass is 16.5. The third-order valence-electron chi connectivity index (χ3n) is 3.95. The van der Waals surface area contributed by atoms with Crippen molar-refractivity contribution >= 4 is 12.0 Å². The molecule has 0 amide bonds. The van der Waals surface area contributed by atoms with Crippen molar-refractivity contribution in [1.29, 1.82) is 0 Å². The Morgan fingerprint density at radius 2 is 2.04 bits per heavy atom. The average molecular weight is 320 g/mol. The number of unbranched alkanes of at least 4 members (excludes halogenated alkanes) is 2. The predicted molar refractivity (Wildman–Crippen MR) is 92.9 cm³/mol. The molecule has 1 aromatic rings. The minimum atomic E-state index is -0.943. The Bertz CT molecular complexity index is 508. The Balaban J connectivity index is 2.76. The van der Waals surface area contributed by atoms with Crippen LogP contribution in [0.15, 0.2) is 24.3 Å². The van der Waals surface area contributed by atoms with Gasteiger partial charge in [0, 0.05) is 13.2 Å². The van der Waals surface area contributed by atoms with Gasteiger partial charge in [-0.1, -0.05) is 32.3 Å². The number of aryl methyl sites for hydroxylation is 1. The van der Waals surface area contributed by atoms with E-state index in [0.717, 1.165) is 36.1 Å². The first-order chi connectivity index (χ1) is 11.1. The van der Waals surface area contributed by atoms with Gasteiger partial charge in [0.05, 0.1) is 13.2 Å². The molecule has 1 unspecified atom stereocenters. The van der Waals surface area contributed by atoms with Gasteiger partial charge in [-0.2, -0.15) is 0 Å². The highest BCUT2D eigenvalue weighted by molar-refractivity contribution is 5.85. The van der Waals surface area contributed by atoms with E-state index in [9.17, 15) is 4.79 Å². The molecule has 1 atom stereocenters. The fraction of sp³-hybridized carbons (Fsp3) is 0.526. The van der Waals surface area contributed by atoms with Gasteiger partial charge in [0.1, 0.15) is 5.75 Å². The molecular formula is C19H28O4. The van der Waals surface area contributed by atoms with Crippen LogP contribution in [0.5, 0.6) is 5.75 Å². The molecule has 23 heavy (non-hydrogen) atoms. The van der Waals surface area contributed by atoms with Gasteiger partial charge in [-0.3, -0.25) is 0 Å². The molecule has 0 aromatic heterocycles. The maximum atomic E-state index is 10.7. The lowest BCUT2D eigenvalue weighted by Gasteiger charge is -2.16.